The summed E-state index contributed by atoms with van der Waals surface area (Å²) in [5.74, 6) is 0.681. The van der Waals surface area contributed by atoms with E-state index in [1.54, 1.807) is 0 Å². The van der Waals surface area contributed by atoms with E-state index in [0.717, 1.165) is 39.3 Å². The van der Waals surface area contributed by atoms with E-state index in [2.05, 4.69) is 34.0 Å². The van der Waals surface area contributed by atoms with Crippen LogP contribution in [0.15, 0.2) is 4.99 Å². The highest BCUT2D eigenvalue weighted by atomic mass is 15.4. The van der Waals surface area contributed by atoms with Gasteiger partial charge in [-0.3, -0.25) is 14.8 Å². The van der Waals surface area contributed by atoms with Gasteiger partial charge in [0.25, 0.3) is 0 Å². The fourth-order valence-electron chi connectivity index (χ4n) is 5.03. The minimum absolute atomic E-state index is 0.0821. The van der Waals surface area contributed by atoms with Crippen LogP contribution < -0.4 is 11.1 Å². The SMILES string of the molecule is CCCC(CC)C1(N2CCN3CNCC3C2)CCN=CC1N. The van der Waals surface area contributed by atoms with Crippen LogP contribution in [-0.2, 0) is 0 Å². The second-order valence-electron chi connectivity index (χ2n) is 7.24. The number of nitrogens with one attached hydrogen (secondary N) is 1. The second kappa shape index (κ2) is 6.95. The second-order valence-corrected chi connectivity index (χ2v) is 7.24. The number of rotatable bonds is 5. The lowest BCUT2D eigenvalue weighted by Gasteiger charge is -2.55. The number of hydrogen-bond acceptors (Lipinski definition) is 5. The monoisotopic (exact) mass is 307 g/mol. The molecule has 3 N–H and O–H groups in total. The summed E-state index contributed by atoms with van der Waals surface area (Å²) in [5, 5.41) is 3.52. The van der Waals surface area contributed by atoms with Crippen molar-refractivity contribution in [1.82, 2.24) is 15.1 Å². The van der Waals surface area contributed by atoms with Crippen LogP contribution >= 0.6 is 0 Å². The van der Waals surface area contributed by atoms with Crippen molar-refractivity contribution in [2.24, 2.45) is 16.6 Å². The molecule has 0 saturated carbocycles. The molecule has 126 valence electrons. The van der Waals surface area contributed by atoms with Crippen LogP contribution in [0.5, 0.6) is 0 Å². The average Bonchev–Trinajstić information content (AvgIpc) is 3.01. The maximum atomic E-state index is 6.67. The first-order valence-electron chi connectivity index (χ1n) is 9.17. The minimum Gasteiger partial charge on any atom is -0.322 e. The zero-order chi connectivity index (χ0) is 15.6. The van der Waals surface area contributed by atoms with Gasteiger partial charge in [-0.1, -0.05) is 26.7 Å². The molecule has 5 nitrogen and oxygen atoms in total. The van der Waals surface area contributed by atoms with Gasteiger partial charge in [0.15, 0.2) is 0 Å². The van der Waals surface area contributed by atoms with Crippen molar-refractivity contribution < 1.29 is 0 Å². The van der Waals surface area contributed by atoms with Gasteiger partial charge in [-0.05, 0) is 18.8 Å². The van der Waals surface area contributed by atoms with Crippen LogP contribution in [0, 0.1) is 5.92 Å². The van der Waals surface area contributed by atoms with Crippen LogP contribution in [0.1, 0.15) is 39.5 Å². The molecule has 0 aliphatic carbocycles. The molecule has 4 atom stereocenters. The fourth-order valence-corrected chi connectivity index (χ4v) is 5.03. The van der Waals surface area contributed by atoms with Gasteiger partial charge in [-0.25, -0.2) is 0 Å². The first-order valence-corrected chi connectivity index (χ1v) is 9.17. The van der Waals surface area contributed by atoms with Gasteiger partial charge in [0.05, 0.1) is 6.04 Å². The van der Waals surface area contributed by atoms with Gasteiger partial charge < -0.3 is 11.1 Å². The molecule has 0 aromatic heterocycles. The Morgan fingerprint density at radius 3 is 3.00 bits per heavy atom. The molecule has 3 aliphatic heterocycles. The van der Waals surface area contributed by atoms with E-state index in [4.69, 9.17) is 5.73 Å². The molecule has 2 fully saturated rings. The predicted molar refractivity (Wildman–Crippen MR) is 92.3 cm³/mol. The van der Waals surface area contributed by atoms with Crippen molar-refractivity contribution in [1.29, 1.82) is 0 Å². The Labute approximate surface area is 135 Å². The molecule has 2 saturated heterocycles. The summed E-state index contributed by atoms with van der Waals surface area (Å²) in [5.41, 5.74) is 6.79. The molecule has 0 amide bonds. The number of hydrogen-bond donors (Lipinski definition) is 2. The Morgan fingerprint density at radius 2 is 2.27 bits per heavy atom. The smallest absolute Gasteiger partial charge is 0.0585 e. The van der Waals surface area contributed by atoms with Crippen LogP contribution in [0.25, 0.3) is 0 Å². The molecular formula is C17H33N5. The number of aliphatic imine (C=N–C) groups is 1. The van der Waals surface area contributed by atoms with Crippen molar-refractivity contribution in [3.63, 3.8) is 0 Å². The lowest BCUT2D eigenvalue weighted by Crippen LogP contribution is -2.70. The fraction of sp³-hybridized carbons (Fsp3) is 0.941. The maximum absolute atomic E-state index is 6.67. The Hall–Kier alpha value is -0.490. The Balaban J connectivity index is 1.86. The summed E-state index contributed by atoms with van der Waals surface area (Å²) < 4.78 is 0. The van der Waals surface area contributed by atoms with Gasteiger partial charge in [-0.2, -0.15) is 0 Å². The molecule has 0 aromatic rings. The number of nitrogens with zero attached hydrogens (tertiary/aromatic N) is 3. The molecule has 5 heteroatoms. The molecular weight excluding hydrogens is 274 g/mol. The van der Waals surface area contributed by atoms with E-state index in [9.17, 15) is 0 Å². The zero-order valence-electron chi connectivity index (χ0n) is 14.3. The molecule has 3 rings (SSSR count). The molecule has 0 radical (unpaired) electrons. The molecule has 0 aromatic carbocycles. The van der Waals surface area contributed by atoms with Gasteiger partial charge in [0.2, 0.25) is 0 Å². The number of fused-ring (bicyclic) bond motifs is 1. The molecule has 4 unspecified atom stereocenters. The topological polar surface area (TPSA) is 56.9 Å². The largest absolute Gasteiger partial charge is 0.322 e. The molecule has 3 heterocycles. The third-order valence-electron chi connectivity index (χ3n) is 6.21. The van der Waals surface area contributed by atoms with E-state index in [0.29, 0.717) is 12.0 Å². The molecule has 22 heavy (non-hydrogen) atoms. The third kappa shape index (κ3) is 2.73. The Kier molecular flexibility index (Phi) is 5.17. The van der Waals surface area contributed by atoms with Crippen molar-refractivity contribution in [2.45, 2.75) is 57.2 Å². The average molecular weight is 307 g/mol. The van der Waals surface area contributed by atoms with Crippen molar-refractivity contribution >= 4 is 6.21 Å². The van der Waals surface area contributed by atoms with Gasteiger partial charge in [-0.15, -0.1) is 0 Å². The van der Waals surface area contributed by atoms with Crippen LogP contribution in [0.4, 0.5) is 0 Å². The third-order valence-corrected chi connectivity index (χ3v) is 6.21. The predicted octanol–water partition coefficient (Wildman–Crippen LogP) is 0.900. The molecule has 3 aliphatic rings. The van der Waals surface area contributed by atoms with Crippen molar-refractivity contribution in [3.8, 4) is 0 Å². The summed E-state index contributed by atoms with van der Waals surface area (Å²) >= 11 is 0. The molecule has 0 bridgehead atoms. The van der Waals surface area contributed by atoms with Crippen molar-refractivity contribution in [2.75, 3.05) is 39.4 Å². The highest BCUT2D eigenvalue weighted by Gasteiger charge is 2.49. The minimum atomic E-state index is 0.0821. The lowest BCUT2D eigenvalue weighted by atomic mass is 9.69. The van der Waals surface area contributed by atoms with Crippen molar-refractivity contribution in [3.05, 3.63) is 0 Å². The van der Waals surface area contributed by atoms with Gasteiger partial charge >= 0.3 is 0 Å². The summed E-state index contributed by atoms with van der Waals surface area (Å²) in [6.07, 6.45) is 6.92. The molecule has 0 spiro atoms. The van der Waals surface area contributed by atoms with E-state index >= 15 is 0 Å². The summed E-state index contributed by atoms with van der Waals surface area (Å²) in [6, 6.07) is 0.745. The van der Waals surface area contributed by atoms with E-state index in [1.807, 2.05) is 6.21 Å². The first-order chi connectivity index (χ1) is 10.7. The van der Waals surface area contributed by atoms with Gasteiger partial charge in [0, 0.05) is 57.2 Å². The summed E-state index contributed by atoms with van der Waals surface area (Å²) in [7, 11) is 0. The van der Waals surface area contributed by atoms with Gasteiger partial charge in [0.1, 0.15) is 0 Å². The number of nitrogens with two attached hydrogens (primary N) is 1. The highest BCUT2D eigenvalue weighted by molar-refractivity contribution is 5.68. The Morgan fingerprint density at radius 1 is 1.41 bits per heavy atom. The van der Waals surface area contributed by atoms with Crippen LogP contribution in [0.3, 0.4) is 0 Å². The summed E-state index contributed by atoms with van der Waals surface area (Å²) in [6.45, 7) is 11.3. The quantitative estimate of drug-likeness (QED) is 0.792. The first kappa shape index (κ1) is 16.4. The highest BCUT2D eigenvalue weighted by Crippen LogP contribution is 2.39. The van der Waals surface area contributed by atoms with E-state index in [-0.39, 0.29) is 11.6 Å². The van der Waals surface area contributed by atoms with Crippen LogP contribution in [-0.4, -0.2) is 73.0 Å². The maximum Gasteiger partial charge on any atom is 0.0585 e. The zero-order valence-corrected chi connectivity index (χ0v) is 14.3. The van der Waals surface area contributed by atoms with Crippen LogP contribution in [0.2, 0.25) is 0 Å². The van der Waals surface area contributed by atoms with E-state index < -0.39 is 0 Å². The standard InChI is InChI=1S/C17H33N5/c1-3-5-14(4-2)17(6-7-19-11-16(17)18)22-9-8-21-13-20-10-15(21)12-22/h11,14-16,20H,3-10,12-13,18H2,1-2H3. The summed E-state index contributed by atoms with van der Waals surface area (Å²) in [4.78, 5) is 9.83. The lowest BCUT2D eigenvalue weighted by molar-refractivity contribution is -0.0328. The Bertz CT molecular complexity index is 399. The number of piperazine rings is 1. The normalized spacial score (nSPS) is 38.1. The van der Waals surface area contributed by atoms with E-state index in [1.165, 1.54) is 25.8 Å².